The second-order valence-electron chi connectivity index (χ2n) is 14.0. The minimum Gasteiger partial charge on any atom is -0.502 e. The predicted octanol–water partition coefficient (Wildman–Crippen LogP) is 7.03. The number of hydrogen-bond acceptors (Lipinski definition) is 8. The minimum atomic E-state index is -1.62. The van der Waals surface area contributed by atoms with Gasteiger partial charge in [0.2, 0.25) is 17.6 Å². The quantitative estimate of drug-likeness (QED) is 0.145. The smallest absolute Gasteiger partial charge is 0.260 e. The molecule has 2 saturated heterocycles. The maximum absolute atomic E-state index is 15.4. The lowest BCUT2D eigenvalue weighted by Gasteiger charge is -2.50. The summed E-state index contributed by atoms with van der Waals surface area (Å²) in [6, 6.07) is 22.2. The van der Waals surface area contributed by atoms with Gasteiger partial charge in [-0.05, 0) is 96.1 Å². The fraction of sp³-hybridized carbons (Fsp3) is 0.238. The lowest BCUT2D eigenvalue weighted by molar-refractivity contribution is -0.138. The molecular formula is C42H35ClFN3O7. The number of rotatable bonds is 8. The largest absolute Gasteiger partial charge is 0.502 e. The van der Waals surface area contributed by atoms with Crippen LogP contribution < -0.4 is 19.8 Å². The van der Waals surface area contributed by atoms with Gasteiger partial charge in [-0.3, -0.25) is 29.5 Å². The number of carbonyl (C=O) groups excluding carboxylic acids is 4. The Bertz CT molecular complexity index is 2230. The maximum atomic E-state index is 15.4. The highest BCUT2D eigenvalue weighted by Crippen LogP contribution is 2.65. The number of aromatic hydroxyl groups is 1. The second kappa shape index (κ2) is 13.2. The topological polar surface area (TPSA) is 125 Å². The van der Waals surface area contributed by atoms with E-state index in [0.29, 0.717) is 33.1 Å². The summed E-state index contributed by atoms with van der Waals surface area (Å²) in [7, 11) is 2.78. The Morgan fingerprint density at radius 3 is 2.15 bits per heavy atom. The standard InChI is InChI=1S/C42H35ClFN3O7/c1-4-22-5-15-28(16-6-22)46-38(49)30-18-17-29-31(35(30)40(46)51)21-32-39(50)47(45-27-13-11-26(44)12-14-27)41(52)42(32,24-7-9-25(43)10-8-24)36(29)23-19-33(53-2)37(48)34(20-23)54-3/h4-17,19-20,30-32,35-36,45,48H,1,18,21H2,2-3H3. The molecule has 0 radical (unpaired) electrons. The number of allylic oxidation sites excluding steroid dienone is 2. The molecule has 2 aliphatic heterocycles. The van der Waals surface area contributed by atoms with E-state index >= 15 is 4.79 Å². The third-order valence-electron chi connectivity index (χ3n) is 11.5. The van der Waals surface area contributed by atoms with Crippen molar-refractivity contribution in [2.45, 2.75) is 24.2 Å². The molecule has 1 saturated carbocycles. The minimum absolute atomic E-state index is 0.0624. The van der Waals surface area contributed by atoms with Crippen LogP contribution in [0, 0.1) is 29.5 Å². The third kappa shape index (κ3) is 5.13. The van der Waals surface area contributed by atoms with Crippen LogP contribution in [0.25, 0.3) is 6.08 Å². The van der Waals surface area contributed by atoms with E-state index in [1.807, 2.05) is 6.08 Å². The number of nitrogens with one attached hydrogen (secondary N) is 1. The molecule has 4 aromatic carbocycles. The summed E-state index contributed by atoms with van der Waals surface area (Å²) >= 11 is 6.38. The zero-order chi connectivity index (χ0) is 38.1. The Morgan fingerprint density at radius 2 is 1.54 bits per heavy atom. The van der Waals surface area contributed by atoms with Gasteiger partial charge >= 0.3 is 0 Å². The zero-order valence-corrected chi connectivity index (χ0v) is 30.0. The number of methoxy groups -OCH3 is 2. The molecule has 2 aliphatic carbocycles. The second-order valence-corrected chi connectivity index (χ2v) is 14.4. The number of carbonyl (C=O) groups is 4. The first kappa shape index (κ1) is 35.1. The molecule has 0 aromatic heterocycles. The molecule has 6 unspecified atom stereocenters. The van der Waals surface area contributed by atoms with Gasteiger partial charge < -0.3 is 14.6 Å². The number of hydrazine groups is 1. The van der Waals surface area contributed by atoms with Crippen LogP contribution in [0.2, 0.25) is 5.02 Å². The highest BCUT2D eigenvalue weighted by Gasteiger charge is 2.70. The van der Waals surface area contributed by atoms with Gasteiger partial charge in [-0.1, -0.05) is 60.2 Å². The summed E-state index contributed by atoms with van der Waals surface area (Å²) in [6.45, 7) is 3.79. The van der Waals surface area contributed by atoms with Crippen LogP contribution in [0.1, 0.15) is 35.4 Å². The molecule has 8 rings (SSSR count). The Kier molecular flexibility index (Phi) is 8.56. The summed E-state index contributed by atoms with van der Waals surface area (Å²) in [6.07, 6.45) is 3.88. The fourth-order valence-electron chi connectivity index (χ4n) is 9.12. The molecule has 3 fully saturated rings. The highest BCUT2D eigenvalue weighted by atomic mass is 35.5. The van der Waals surface area contributed by atoms with Crippen molar-refractivity contribution in [2.24, 2.45) is 23.7 Å². The van der Waals surface area contributed by atoms with Gasteiger partial charge in [0.15, 0.2) is 11.5 Å². The van der Waals surface area contributed by atoms with Crippen molar-refractivity contribution in [2.75, 3.05) is 24.5 Å². The zero-order valence-electron chi connectivity index (χ0n) is 29.3. The van der Waals surface area contributed by atoms with Crippen molar-refractivity contribution in [3.63, 3.8) is 0 Å². The summed E-state index contributed by atoms with van der Waals surface area (Å²) < 4.78 is 25.1. The molecule has 6 atom stereocenters. The lowest BCUT2D eigenvalue weighted by Crippen LogP contribution is -2.53. The van der Waals surface area contributed by atoms with Crippen LogP contribution >= 0.6 is 11.6 Å². The van der Waals surface area contributed by atoms with Crippen LogP contribution in [0.15, 0.2) is 103 Å². The van der Waals surface area contributed by atoms with Crippen molar-refractivity contribution in [3.05, 3.63) is 131 Å². The van der Waals surface area contributed by atoms with Crippen LogP contribution in [0.5, 0.6) is 17.2 Å². The summed E-state index contributed by atoms with van der Waals surface area (Å²) in [4.78, 5) is 60.1. The van der Waals surface area contributed by atoms with Crippen molar-refractivity contribution in [3.8, 4) is 17.2 Å². The Balaban J connectivity index is 1.34. The van der Waals surface area contributed by atoms with Gasteiger partial charge in [-0.25, -0.2) is 4.39 Å². The molecule has 12 heteroatoms. The molecule has 0 spiro atoms. The number of nitrogens with zero attached hydrogens (tertiary/aromatic N) is 2. The highest BCUT2D eigenvalue weighted by molar-refractivity contribution is 6.30. The molecule has 4 aliphatic rings. The number of anilines is 2. The van der Waals surface area contributed by atoms with Crippen molar-refractivity contribution >= 4 is 52.7 Å². The Hall–Kier alpha value is -5.94. The summed E-state index contributed by atoms with van der Waals surface area (Å²) in [5.74, 6) is -6.61. The van der Waals surface area contributed by atoms with Gasteiger partial charge in [-0.15, -0.1) is 0 Å². The molecule has 0 bridgehead atoms. The average molecular weight is 748 g/mol. The van der Waals surface area contributed by atoms with Crippen LogP contribution in [0.3, 0.4) is 0 Å². The van der Waals surface area contributed by atoms with Gasteiger partial charge in [0.1, 0.15) is 5.82 Å². The number of benzene rings is 4. The number of ether oxygens (including phenoxy) is 2. The van der Waals surface area contributed by atoms with Crippen LogP contribution in [-0.4, -0.2) is 48.0 Å². The first-order valence-corrected chi connectivity index (χ1v) is 17.8. The van der Waals surface area contributed by atoms with E-state index < -0.39 is 52.6 Å². The van der Waals surface area contributed by atoms with E-state index in [1.54, 1.807) is 66.7 Å². The molecule has 2 N–H and O–H groups in total. The van der Waals surface area contributed by atoms with Gasteiger partial charge in [0.25, 0.3) is 11.8 Å². The molecule has 54 heavy (non-hydrogen) atoms. The average Bonchev–Trinajstić information content (AvgIpc) is 3.56. The van der Waals surface area contributed by atoms with E-state index in [0.717, 1.165) is 10.6 Å². The number of imide groups is 2. The van der Waals surface area contributed by atoms with E-state index in [9.17, 15) is 23.9 Å². The van der Waals surface area contributed by atoms with Gasteiger partial charge in [-0.2, -0.15) is 5.01 Å². The number of amides is 4. The molecule has 4 amide bonds. The van der Waals surface area contributed by atoms with E-state index in [-0.39, 0.29) is 41.9 Å². The number of hydrogen-bond donors (Lipinski definition) is 2. The first-order chi connectivity index (χ1) is 26.0. The first-order valence-electron chi connectivity index (χ1n) is 17.4. The lowest BCUT2D eigenvalue weighted by atomic mass is 9.49. The van der Waals surface area contributed by atoms with E-state index in [2.05, 4.69) is 12.0 Å². The SMILES string of the molecule is C=Cc1ccc(N2C(=O)C3CC=C4C(CC5C(=O)N(Nc6ccc(F)cc6)C(=O)C5(c5ccc(Cl)cc5)C4c4cc(OC)c(O)c(OC)c4)C3C2=O)cc1. The van der Waals surface area contributed by atoms with E-state index in [4.69, 9.17) is 21.1 Å². The van der Waals surface area contributed by atoms with Gasteiger partial charge in [0.05, 0.1) is 48.8 Å². The van der Waals surface area contributed by atoms with Crippen LogP contribution in [-0.2, 0) is 24.6 Å². The van der Waals surface area contributed by atoms with Crippen molar-refractivity contribution in [1.82, 2.24) is 5.01 Å². The molecule has 2 heterocycles. The molecule has 4 aromatic rings. The molecular weight excluding hydrogens is 713 g/mol. The normalized spacial score (nSPS) is 25.9. The summed E-state index contributed by atoms with van der Waals surface area (Å²) in [5, 5.41) is 12.4. The fourth-order valence-corrected chi connectivity index (χ4v) is 9.25. The number of fused-ring (bicyclic) bond motifs is 4. The Labute approximate surface area is 315 Å². The molecule has 274 valence electrons. The van der Waals surface area contributed by atoms with Crippen molar-refractivity contribution in [1.29, 1.82) is 0 Å². The van der Waals surface area contributed by atoms with Crippen LogP contribution in [0.4, 0.5) is 15.8 Å². The maximum Gasteiger partial charge on any atom is 0.260 e. The monoisotopic (exact) mass is 747 g/mol. The number of phenols is 1. The number of phenolic OH excluding ortho intramolecular Hbond substituents is 1. The number of halogens is 2. The molecule has 10 nitrogen and oxygen atoms in total. The summed E-state index contributed by atoms with van der Waals surface area (Å²) in [5.41, 5.74) is 4.56. The Morgan fingerprint density at radius 1 is 0.889 bits per heavy atom. The predicted molar refractivity (Wildman–Crippen MR) is 199 cm³/mol. The van der Waals surface area contributed by atoms with Crippen molar-refractivity contribution < 1.29 is 38.1 Å². The van der Waals surface area contributed by atoms with E-state index in [1.165, 1.54) is 43.4 Å². The van der Waals surface area contributed by atoms with Gasteiger partial charge in [0, 0.05) is 10.9 Å². The third-order valence-corrected chi connectivity index (χ3v) is 11.7.